The molecule has 0 aliphatic carbocycles. The van der Waals surface area contributed by atoms with Crippen LogP contribution in [0, 0.1) is 0 Å². The van der Waals surface area contributed by atoms with Crippen molar-refractivity contribution in [3.05, 3.63) is 29.8 Å². The number of hydrogen-bond donors (Lipinski definition) is 2. The van der Waals surface area contributed by atoms with Crippen molar-refractivity contribution in [2.75, 3.05) is 18.4 Å². The molecule has 0 radical (unpaired) electrons. The van der Waals surface area contributed by atoms with Crippen molar-refractivity contribution >= 4 is 29.9 Å². The largest absolute Gasteiger partial charge is 0.372 e. The normalized spacial score (nSPS) is 21.2. The van der Waals surface area contributed by atoms with Crippen molar-refractivity contribution in [2.24, 2.45) is 5.73 Å². The van der Waals surface area contributed by atoms with Gasteiger partial charge in [0.2, 0.25) is 5.91 Å². The standard InChI is InChI=1S/C18H27N3O3.ClH/c1-4-5-16(19)17(22)20-15-8-6-14(7-9-15)18(23)21-10-12(2)24-13(3)11-21;/h6-9,12-13,16H,4-5,10-11,19H2,1-3H3,(H,20,22);1H. The fourth-order valence-corrected chi connectivity index (χ4v) is 2.90. The van der Waals surface area contributed by atoms with Gasteiger partial charge in [0.25, 0.3) is 5.91 Å². The number of amides is 2. The van der Waals surface area contributed by atoms with Crippen LogP contribution < -0.4 is 11.1 Å². The maximum atomic E-state index is 12.6. The summed E-state index contributed by atoms with van der Waals surface area (Å²) in [5.74, 6) is -0.218. The maximum Gasteiger partial charge on any atom is 0.254 e. The molecule has 2 amide bonds. The molecule has 1 fully saturated rings. The van der Waals surface area contributed by atoms with E-state index in [1.807, 2.05) is 25.7 Å². The highest BCUT2D eigenvalue weighted by molar-refractivity contribution is 5.97. The minimum atomic E-state index is -0.507. The highest BCUT2D eigenvalue weighted by Crippen LogP contribution is 2.16. The molecule has 1 heterocycles. The molecule has 0 spiro atoms. The lowest BCUT2D eigenvalue weighted by Gasteiger charge is -2.35. The zero-order valence-corrected chi connectivity index (χ0v) is 15.8. The van der Waals surface area contributed by atoms with Crippen molar-refractivity contribution in [2.45, 2.75) is 51.9 Å². The molecule has 1 saturated heterocycles. The molecule has 7 heteroatoms. The minimum absolute atomic E-state index is 0. The van der Waals surface area contributed by atoms with Crippen molar-refractivity contribution in [3.63, 3.8) is 0 Å². The molecule has 1 aromatic rings. The van der Waals surface area contributed by atoms with Crippen LogP contribution in [0.3, 0.4) is 0 Å². The Bertz CT molecular complexity index is 569. The van der Waals surface area contributed by atoms with Gasteiger partial charge in [0.05, 0.1) is 18.2 Å². The Hall–Kier alpha value is -1.63. The summed E-state index contributed by atoms with van der Waals surface area (Å²) in [5, 5.41) is 2.78. The third-order valence-electron chi connectivity index (χ3n) is 4.04. The lowest BCUT2D eigenvalue weighted by molar-refractivity contribution is -0.117. The Balaban J connectivity index is 0.00000312. The summed E-state index contributed by atoms with van der Waals surface area (Å²) in [4.78, 5) is 26.3. The van der Waals surface area contributed by atoms with Crippen molar-refractivity contribution < 1.29 is 14.3 Å². The van der Waals surface area contributed by atoms with Gasteiger partial charge in [0.1, 0.15) is 0 Å². The van der Waals surface area contributed by atoms with Crippen molar-refractivity contribution in [1.29, 1.82) is 0 Å². The van der Waals surface area contributed by atoms with Gasteiger partial charge in [-0.05, 0) is 44.5 Å². The van der Waals surface area contributed by atoms with Crippen molar-refractivity contribution in [1.82, 2.24) is 4.90 Å². The molecule has 140 valence electrons. The molecule has 3 unspecified atom stereocenters. The Morgan fingerprint density at radius 3 is 2.32 bits per heavy atom. The number of halogens is 1. The van der Waals surface area contributed by atoms with Crippen LogP contribution in [0.2, 0.25) is 0 Å². The number of rotatable bonds is 5. The summed E-state index contributed by atoms with van der Waals surface area (Å²) in [5.41, 5.74) is 7.04. The zero-order chi connectivity index (χ0) is 17.7. The maximum absolute atomic E-state index is 12.6. The van der Waals surface area contributed by atoms with E-state index in [9.17, 15) is 9.59 Å². The van der Waals surface area contributed by atoms with Gasteiger partial charge in [0, 0.05) is 24.3 Å². The SMILES string of the molecule is CCCC(N)C(=O)Nc1ccc(C(=O)N2CC(C)OC(C)C2)cc1.Cl. The van der Waals surface area contributed by atoms with Gasteiger partial charge >= 0.3 is 0 Å². The average Bonchev–Trinajstić information content (AvgIpc) is 2.54. The van der Waals surface area contributed by atoms with Gasteiger partial charge in [-0.25, -0.2) is 0 Å². The Labute approximate surface area is 155 Å². The quantitative estimate of drug-likeness (QED) is 0.834. The third-order valence-corrected chi connectivity index (χ3v) is 4.04. The molecule has 0 saturated carbocycles. The van der Waals surface area contributed by atoms with Crippen LogP contribution in [-0.4, -0.2) is 48.1 Å². The second-order valence-corrected chi connectivity index (χ2v) is 6.43. The van der Waals surface area contributed by atoms with Crippen LogP contribution >= 0.6 is 12.4 Å². The lowest BCUT2D eigenvalue weighted by atomic mass is 10.1. The van der Waals surface area contributed by atoms with Gasteiger partial charge in [0.15, 0.2) is 0 Å². The second-order valence-electron chi connectivity index (χ2n) is 6.43. The zero-order valence-electron chi connectivity index (χ0n) is 15.0. The number of hydrogen-bond acceptors (Lipinski definition) is 4. The topological polar surface area (TPSA) is 84.7 Å². The monoisotopic (exact) mass is 369 g/mol. The summed E-state index contributed by atoms with van der Waals surface area (Å²) in [6.07, 6.45) is 1.58. The molecule has 2 rings (SSSR count). The van der Waals surface area contributed by atoms with Crippen LogP contribution in [-0.2, 0) is 9.53 Å². The number of nitrogens with zero attached hydrogens (tertiary/aromatic N) is 1. The van der Waals surface area contributed by atoms with E-state index in [-0.39, 0.29) is 36.4 Å². The smallest absolute Gasteiger partial charge is 0.254 e. The van der Waals surface area contributed by atoms with Gasteiger partial charge in [-0.3, -0.25) is 9.59 Å². The summed E-state index contributed by atoms with van der Waals surface area (Å²) in [6.45, 7) is 7.10. The molecule has 25 heavy (non-hydrogen) atoms. The first-order chi connectivity index (χ1) is 11.4. The fourth-order valence-electron chi connectivity index (χ4n) is 2.90. The van der Waals surface area contributed by atoms with E-state index in [4.69, 9.17) is 10.5 Å². The predicted octanol–water partition coefficient (Wildman–Crippen LogP) is 2.42. The van der Waals surface area contributed by atoms with E-state index in [0.29, 0.717) is 30.8 Å². The first-order valence-electron chi connectivity index (χ1n) is 8.52. The van der Waals surface area contributed by atoms with Crippen molar-refractivity contribution in [3.8, 4) is 0 Å². The highest BCUT2D eigenvalue weighted by atomic mass is 35.5. The van der Waals surface area contributed by atoms with Gasteiger partial charge in [-0.15, -0.1) is 12.4 Å². The third kappa shape index (κ3) is 5.99. The van der Waals surface area contributed by atoms with Gasteiger partial charge < -0.3 is 20.7 Å². The van der Waals surface area contributed by atoms with E-state index in [0.717, 1.165) is 6.42 Å². The molecule has 3 N–H and O–H groups in total. The molecule has 1 aromatic carbocycles. The number of carbonyl (C=O) groups is 2. The molecule has 6 nitrogen and oxygen atoms in total. The van der Waals surface area contributed by atoms with Crippen LogP contribution in [0.15, 0.2) is 24.3 Å². The Morgan fingerprint density at radius 1 is 1.24 bits per heavy atom. The number of anilines is 1. The Kier molecular flexibility index (Phi) is 8.35. The summed E-state index contributed by atoms with van der Waals surface area (Å²) < 4.78 is 5.65. The van der Waals surface area contributed by atoms with Gasteiger partial charge in [-0.2, -0.15) is 0 Å². The highest BCUT2D eigenvalue weighted by Gasteiger charge is 2.26. The van der Waals surface area contributed by atoms with Crippen LogP contribution in [0.25, 0.3) is 0 Å². The lowest BCUT2D eigenvalue weighted by Crippen LogP contribution is -2.48. The average molecular weight is 370 g/mol. The first-order valence-corrected chi connectivity index (χ1v) is 8.52. The second kappa shape index (κ2) is 9.75. The van der Waals surface area contributed by atoms with E-state index in [1.54, 1.807) is 24.3 Å². The molecular formula is C18H28ClN3O3. The predicted molar refractivity (Wildman–Crippen MR) is 101 cm³/mol. The number of ether oxygens (including phenoxy) is 1. The summed E-state index contributed by atoms with van der Waals surface area (Å²) >= 11 is 0. The number of benzene rings is 1. The molecule has 0 aromatic heterocycles. The van der Waals surface area contributed by atoms with E-state index in [1.165, 1.54) is 0 Å². The first kappa shape index (κ1) is 21.4. The number of nitrogens with one attached hydrogen (secondary N) is 1. The molecule has 1 aliphatic rings. The molecule has 1 aliphatic heterocycles. The van der Waals surface area contributed by atoms with Crippen LogP contribution in [0.4, 0.5) is 5.69 Å². The van der Waals surface area contributed by atoms with E-state index in [2.05, 4.69) is 5.32 Å². The van der Waals surface area contributed by atoms with E-state index >= 15 is 0 Å². The number of nitrogens with two attached hydrogens (primary N) is 1. The molecular weight excluding hydrogens is 342 g/mol. The number of morpholine rings is 1. The molecule has 0 bridgehead atoms. The molecule has 3 atom stereocenters. The Morgan fingerprint density at radius 2 is 1.80 bits per heavy atom. The summed E-state index contributed by atoms with van der Waals surface area (Å²) in [6, 6.07) is 6.42. The minimum Gasteiger partial charge on any atom is -0.372 e. The van der Waals surface area contributed by atoms with Gasteiger partial charge in [-0.1, -0.05) is 13.3 Å². The fraction of sp³-hybridized carbons (Fsp3) is 0.556. The van der Waals surface area contributed by atoms with E-state index < -0.39 is 6.04 Å². The van der Waals surface area contributed by atoms with Crippen LogP contribution in [0.1, 0.15) is 44.0 Å². The number of carbonyl (C=O) groups excluding carboxylic acids is 2. The summed E-state index contributed by atoms with van der Waals surface area (Å²) in [7, 11) is 0. The van der Waals surface area contributed by atoms with Crippen LogP contribution in [0.5, 0.6) is 0 Å².